The average molecular weight is 341 g/mol. The van der Waals surface area contributed by atoms with Gasteiger partial charge in [-0.05, 0) is 77.3 Å². The fourth-order valence-corrected chi connectivity index (χ4v) is 2.57. The molecule has 0 unspecified atom stereocenters. The summed E-state index contributed by atoms with van der Waals surface area (Å²) in [5, 5.41) is 0.693. The molecule has 2 N–H and O–H groups in total. The summed E-state index contributed by atoms with van der Waals surface area (Å²) < 4.78 is 6.87. The fourth-order valence-electron chi connectivity index (χ4n) is 1.81. The van der Waals surface area contributed by atoms with Gasteiger partial charge in [0, 0.05) is 5.02 Å². The lowest BCUT2D eigenvalue weighted by atomic mass is 10.1. The van der Waals surface area contributed by atoms with Crippen molar-refractivity contribution in [2.75, 3.05) is 6.54 Å². The third kappa shape index (κ3) is 3.72. The Balaban J connectivity index is 2.32. The maximum atomic E-state index is 6.00. The maximum Gasteiger partial charge on any atom is 0.141 e. The molecule has 0 saturated carbocycles. The largest absolute Gasteiger partial charge is 0.456 e. The fraction of sp³-hybridized carbons (Fsp3) is 0.200. The zero-order valence-electron chi connectivity index (χ0n) is 10.6. The second-order valence-corrected chi connectivity index (χ2v) is 5.62. The second-order valence-electron chi connectivity index (χ2n) is 4.33. The zero-order chi connectivity index (χ0) is 13.8. The molecule has 2 rings (SSSR count). The molecule has 0 amide bonds. The number of hydrogen-bond donors (Lipinski definition) is 1. The molecule has 0 aliphatic carbocycles. The summed E-state index contributed by atoms with van der Waals surface area (Å²) in [5.74, 6) is 1.57. The lowest BCUT2D eigenvalue weighted by Gasteiger charge is -2.12. The minimum Gasteiger partial charge on any atom is -0.456 e. The van der Waals surface area contributed by atoms with E-state index in [1.807, 2.05) is 43.3 Å². The standard InChI is InChI=1S/C15H15BrClNO/c1-10-2-4-15(13(16)8-10)19-14-5-3-12(17)9-11(14)6-7-18/h2-5,8-9H,6-7,18H2,1H3. The van der Waals surface area contributed by atoms with Crippen LogP contribution in [0, 0.1) is 6.92 Å². The molecule has 0 aliphatic heterocycles. The first-order chi connectivity index (χ1) is 9.10. The number of nitrogens with two attached hydrogens (primary N) is 1. The number of rotatable bonds is 4. The number of aryl methyl sites for hydroxylation is 1. The van der Waals surface area contributed by atoms with E-state index in [9.17, 15) is 0 Å². The SMILES string of the molecule is Cc1ccc(Oc2ccc(Cl)cc2CCN)c(Br)c1. The Morgan fingerprint density at radius 2 is 1.89 bits per heavy atom. The number of hydrogen-bond acceptors (Lipinski definition) is 2. The van der Waals surface area contributed by atoms with Gasteiger partial charge in [0.1, 0.15) is 11.5 Å². The number of halogens is 2. The van der Waals surface area contributed by atoms with Crippen molar-refractivity contribution in [3.8, 4) is 11.5 Å². The van der Waals surface area contributed by atoms with Crippen LogP contribution in [0.15, 0.2) is 40.9 Å². The molecule has 0 saturated heterocycles. The molecule has 2 aromatic rings. The Labute approximate surface area is 126 Å². The highest BCUT2D eigenvalue weighted by Crippen LogP contribution is 2.33. The minimum atomic E-state index is 0.561. The van der Waals surface area contributed by atoms with Crippen LogP contribution in [-0.4, -0.2) is 6.54 Å². The van der Waals surface area contributed by atoms with Crippen molar-refractivity contribution >= 4 is 27.5 Å². The van der Waals surface area contributed by atoms with Crippen LogP contribution < -0.4 is 10.5 Å². The van der Waals surface area contributed by atoms with E-state index in [4.69, 9.17) is 22.1 Å². The molecule has 0 bridgehead atoms. The van der Waals surface area contributed by atoms with Crippen molar-refractivity contribution in [2.24, 2.45) is 5.73 Å². The van der Waals surface area contributed by atoms with Crippen molar-refractivity contribution < 1.29 is 4.74 Å². The van der Waals surface area contributed by atoms with E-state index >= 15 is 0 Å². The van der Waals surface area contributed by atoms with E-state index in [2.05, 4.69) is 15.9 Å². The Morgan fingerprint density at radius 3 is 2.58 bits per heavy atom. The molecule has 0 spiro atoms. The molecule has 2 nitrogen and oxygen atoms in total. The molecule has 4 heteroatoms. The third-order valence-electron chi connectivity index (χ3n) is 2.74. The molecule has 19 heavy (non-hydrogen) atoms. The highest BCUT2D eigenvalue weighted by molar-refractivity contribution is 9.10. The van der Waals surface area contributed by atoms with Gasteiger partial charge in [-0.25, -0.2) is 0 Å². The predicted octanol–water partition coefficient (Wildman–Crippen LogP) is 4.70. The van der Waals surface area contributed by atoms with Crippen molar-refractivity contribution in [2.45, 2.75) is 13.3 Å². The molecule has 100 valence electrons. The lowest BCUT2D eigenvalue weighted by molar-refractivity contribution is 0.473. The molecular weight excluding hydrogens is 326 g/mol. The molecule has 0 atom stereocenters. The van der Waals surface area contributed by atoms with Gasteiger partial charge in [-0.2, -0.15) is 0 Å². The van der Waals surface area contributed by atoms with Gasteiger partial charge in [-0.3, -0.25) is 0 Å². The Kier molecular flexibility index (Phi) is 4.86. The Bertz CT molecular complexity index is 586. The average Bonchev–Trinajstić information content (AvgIpc) is 2.36. The van der Waals surface area contributed by atoms with Gasteiger partial charge in [0.25, 0.3) is 0 Å². The summed E-state index contributed by atoms with van der Waals surface area (Å²) in [5.41, 5.74) is 7.81. The molecule has 0 heterocycles. The van der Waals surface area contributed by atoms with Gasteiger partial charge in [-0.1, -0.05) is 17.7 Å². The van der Waals surface area contributed by atoms with Crippen LogP contribution in [0.25, 0.3) is 0 Å². The van der Waals surface area contributed by atoms with E-state index in [1.54, 1.807) is 0 Å². The molecule has 0 radical (unpaired) electrons. The summed E-state index contributed by atoms with van der Waals surface area (Å²) in [6, 6.07) is 11.6. The maximum absolute atomic E-state index is 6.00. The van der Waals surface area contributed by atoms with Gasteiger partial charge in [0.2, 0.25) is 0 Å². The van der Waals surface area contributed by atoms with Crippen LogP contribution in [0.2, 0.25) is 5.02 Å². The second kappa shape index (κ2) is 6.42. The van der Waals surface area contributed by atoms with E-state index in [-0.39, 0.29) is 0 Å². The lowest BCUT2D eigenvalue weighted by Crippen LogP contribution is -2.04. The third-order valence-corrected chi connectivity index (χ3v) is 3.60. The summed E-state index contributed by atoms with van der Waals surface area (Å²) in [6.07, 6.45) is 0.735. The molecule has 0 fully saturated rings. The van der Waals surface area contributed by atoms with Gasteiger partial charge in [-0.15, -0.1) is 0 Å². The van der Waals surface area contributed by atoms with Crippen LogP contribution in [0.3, 0.4) is 0 Å². The predicted molar refractivity (Wildman–Crippen MR) is 83.2 cm³/mol. The highest BCUT2D eigenvalue weighted by Gasteiger charge is 2.08. The monoisotopic (exact) mass is 339 g/mol. The van der Waals surface area contributed by atoms with E-state index < -0.39 is 0 Å². The van der Waals surface area contributed by atoms with Crippen LogP contribution in [-0.2, 0) is 6.42 Å². The zero-order valence-corrected chi connectivity index (χ0v) is 13.0. The molecule has 0 aromatic heterocycles. The van der Waals surface area contributed by atoms with Crippen molar-refractivity contribution in [1.29, 1.82) is 0 Å². The first-order valence-corrected chi connectivity index (χ1v) is 7.20. The summed E-state index contributed by atoms with van der Waals surface area (Å²) in [7, 11) is 0. The van der Waals surface area contributed by atoms with E-state index in [1.165, 1.54) is 5.56 Å². The molecular formula is C15H15BrClNO. The van der Waals surface area contributed by atoms with E-state index in [0.29, 0.717) is 11.6 Å². The van der Waals surface area contributed by atoms with Crippen LogP contribution >= 0.6 is 27.5 Å². The summed E-state index contributed by atoms with van der Waals surface area (Å²) in [6.45, 7) is 2.60. The van der Waals surface area contributed by atoms with Crippen LogP contribution in [0.5, 0.6) is 11.5 Å². The van der Waals surface area contributed by atoms with Gasteiger partial charge in [0.15, 0.2) is 0 Å². The molecule has 0 aliphatic rings. The van der Waals surface area contributed by atoms with E-state index in [0.717, 1.165) is 28.0 Å². The van der Waals surface area contributed by atoms with Crippen LogP contribution in [0.1, 0.15) is 11.1 Å². The van der Waals surface area contributed by atoms with Crippen LogP contribution in [0.4, 0.5) is 0 Å². The Morgan fingerprint density at radius 1 is 1.16 bits per heavy atom. The van der Waals surface area contributed by atoms with Crippen molar-refractivity contribution in [1.82, 2.24) is 0 Å². The minimum absolute atomic E-state index is 0.561. The molecule has 2 aromatic carbocycles. The number of benzene rings is 2. The highest BCUT2D eigenvalue weighted by atomic mass is 79.9. The first kappa shape index (κ1) is 14.4. The Hall–Kier alpha value is -1.03. The van der Waals surface area contributed by atoms with Gasteiger partial charge in [0.05, 0.1) is 4.47 Å². The normalized spacial score (nSPS) is 10.5. The van der Waals surface area contributed by atoms with Crippen molar-refractivity contribution in [3.63, 3.8) is 0 Å². The van der Waals surface area contributed by atoms with Crippen molar-refractivity contribution in [3.05, 3.63) is 57.0 Å². The smallest absolute Gasteiger partial charge is 0.141 e. The summed E-state index contributed by atoms with van der Waals surface area (Å²) >= 11 is 9.51. The first-order valence-electron chi connectivity index (χ1n) is 6.02. The quantitative estimate of drug-likeness (QED) is 0.875. The number of ether oxygens (including phenoxy) is 1. The van der Waals surface area contributed by atoms with Gasteiger partial charge < -0.3 is 10.5 Å². The summed E-state index contributed by atoms with van der Waals surface area (Å²) in [4.78, 5) is 0. The topological polar surface area (TPSA) is 35.2 Å². The van der Waals surface area contributed by atoms with Gasteiger partial charge >= 0.3 is 0 Å².